The maximum Gasteiger partial charge on any atom is 0.418 e. The Balaban J connectivity index is 1.50. The van der Waals surface area contributed by atoms with Crippen molar-refractivity contribution in [1.82, 2.24) is 0 Å². The molecular weight excluding hydrogens is 445 g/mol. The summed E-state index contributed by atoms with van der Waals surface area (Å²) in [5.74, 6) is -1.98. The third-order valence-corrected chi connectivity index (χ3v) is 6.55. The molecule has 4 rings (SSSR count). The van der Waals surface area contributed by atoms with Crippen LogP contribution in [-0.4, -0.2) is 38.1 Å². The molecule has 0 bridgehead atoms. The third-order valence-electron chi connectivity index (χ3n) is 6.55. The van der Waals surface area contributed by atoms with Gasteiger partial charge in [-0.2, -0.15) is 13.2 Å². The van der Waals surface area contributed by atoms with Gasteiger partial charge in [0.05, 0.1) is 16.7 Å². The minimum absolute atomic E-state index is 0.0546. The number of hydrogen-bond donors (Lipinski definition) is 0. The second-order valence-corrected chi connectivity index (χ2v) is 9.00. The number of benzene rings is 2. The highest BCUT2D eigenvalue weighted by Gasteiger charge is 2.36. The number of nitrogens with zero attached hydrogens (tertiary/aromatic N) is 2. The van der Waals surface area contributed by atoms with Crippen LogP contribution in [0.15, 0.2) is 36.4 Å². The Morgan fingerprint density at radius 2 is 1.21 bits per heavy atom. The van der Waals surface area contributed by atoms with E-state index in [2.05, 4.69) is 4.90 Å². The lowest BCUT2D eigenvalue weighted by molar-refractivity contribution is -0.137. The number of carbonyl (C=O) groups excluding carboxylic acids is 2. The molecule has 0 aromatic heterocycles. The van der Waals surface area contributed by atoms with Gasteiger partial charge in [0.25, 0.3) is 0 Å². The van der Waals surface area contributed by atoms with E-state index in [4.69, 9.17) is 4.74 Å². The van der Waals surface area contributed by atoms with E-state index >= 15 is 0 Å². The summed E-state index contributed by atoms with van der Waals surface area (Å²) < 4.78 is 46.2. The zero-order chi connectivity index (χ0) is 24.3. The molecule has 2 heterocycles. The Hall–Kier alpha value is -3.03. The minimum Gasteiger partial charge on any atom is -0.386 e. The van der Waals surface area contributed by atoms with E-state index in [1.165, 1.54) is 18.6 Å². The number of hydrogen-bond acceptors (Lipinski definition) is 5. The molecule has 182 valence electrons. The number of piperidine rings is 2. The largest absolute Gasteiger partial charge is 0.418 e. The molecule has 0 unspecified atom stereocenters. The molecule has 2 fully saturated rings. The first-order valence-corrected chi connectivity index (χ1v) is 11.8. The van der Waals surface area contributed by atoms with Crippen molar-refractivity contribution in [2.75, 3.05) is 36.0 Å². The molecule has 0 aliphatic carbocycles. The van der Waals surface area contributed by atoms with Gasteiger partial charge in [0.1, 0.15) is 0 Å². The number of alkyl halides is 3. The maximum atomic E-state index is 13.8. The first-order valence-electron chi connectivity index (χ1n) is 11.8. The van der Waals surface area contributed by atoms with E-state index < -0.39 is 23.7 Å². The van der Waals surface area contributed by atoms with Gasteiger partial charge >= 0.3 is 18.1 Å². The molecule has 0 N–H and O–H groups in total. The second-order valence-electron chi connectivity index (χ2n) is 9.00. The van der Waals surface area contributed by atoms with Crippen LogP contribution in [0.5, 0.6) is 0 Å². The van der Waals surface area contributed by atoms with E-state index in [9.17, 15) is 22.8 Å². The average molecular weight is 475 g/mol. The van der Waals surface area contributed by atoms with Gasteiger partial charge in [-0.3, -0.25) is 0 Å². The molecule has 2 aromatic carbocycles. The second kappa shape index (κ2) is 10.1. The van der Waals surface area contributed by atoms with Gasteiger partial charge < -0.3 is 14.5 Å². The van der Waals surface area contributed by atoms with Crippen LogP contribution < -0.4 is 9.80 Å². The van der Waals surface area contributed by atoms with Crippen molar-refractivity contribution >= 4 is 23.3 Å². The molecule has 0 spiro atoms. The summed E-state index contributed by atoms with van der Waals surface area (Å²) >= 11 is 0. The molecule has 8 heteroatoms. The van der Waals surface area contributed by atoms with Gasteiger partial charge in [0.15, 0.2) is 0 Å². The SMILES string of the molecule is Cc1cc(C(=O)OC(=O)c2ccc(N3CCCCC3)c(C(F)(F)F)c2)ccc1N1CCCCC1. The zero-order valence-electron chi connectivity index (χ0n) is 19.3. The standard InChI is InChI=1S/C26H29F3N2O3/c1-18-16-19(8-10-22(18)30-12-4-2-5-13-30)24(32)34-25(33)20-9-11-23(21(17-20)26(27,28)29)31-14-6-3-7-15-31/h8-11,16-17H,2-7,12-15H2,1H3. The fraction of sp³-hybridized carbons (Fsp3) is 0.462. The first kappa shape index (κ1) is 24.1. The molecule has 0 amide bonds. The summed E-state index contributed by atoms with van der Waals surface area (Å²) in [6.45, 7) is 4.88. The van der Waals surface area contributed by atoms with Crippen molar-refractivity contribution in [1.29, 1.82) is 0 Å². The smallest absolute Gasteiger partial charge is 0.386 e. The highest BCUT2D eigenvalue weighted by atomic mass is 19.4. The number of esters is 2. The topological polar surface area (TPSA) is 49.9 Å². The zero-order valence-corrected chi connectivity index (χ0v) is 19.3. The van der Waals surface area contributed by atoms with Crippen molar-refractivity contribution < 1.29 is 27.5 Å². The fourth-order valence-electron chi connectivity index (χ4n) is 4.77. The Kier molecular flexibility index (Phi) is 7.14. The number of halogens is 3. The lowest BCUT2D eigenvalue weighted by Gasteiger charge is -2.31. The van der Waals surface area contributed by atoms with E-state index in [0.29, 0.717) is 13.1 Å². The van der Waals surface area contributed by atoms with Crippen molar-refractivity contribution in [3.63, 3.8) is 0 Å². The number of carbonyl (C=O) groups is 2. The Bertz CT molecular complexity index is 1060. The van der Waals surface area contributed by atoms with E-state index in [-0.39, 0.29) is 16.8 Å². The number of anilines is 2. The van der Waals surface area contributed by atoms with Crippen LogP contribution in [0.25, 0.3) is 0 Å². The van der Waals surface area contributed by atoms with Crippen LogP contribution in [0.4, 0.5) is 24.5 Å². The van der Waals surface area contributed by atoms with E-state index in [1.54, 1.807) is 17.0 Å². The van der Waals surface area contributed by atoms with Crippen LogP contribution in [-0.2, 0) is 10.9 Å². The summed E-state index contributed by atoms with van der Waals surface area (Å²) in [5, 5.41) is 0. The number of ether oxygens (including phenoxy) is 1. The summed E-state index contributed by atoms with van der Waals surface area (Å²) in [7, 11) is 0. The molecule has 5 nitrogen and oxygen atoms in total. The molecule has 34 heavy (non-hydrogen) atoms. The molecule has 2 saturated heterocycles. The van der Waals surface area contributed by atoms with Gasteiger partial charge in [-0.05, 0) is 87.4 Å². The third kappa shape index (κ3) is 5.37. The van der Waals surface area contributed by atoms with Crippen LogP contribution in [0, 0.1) is 6.92 Å². The van der Waals surface area contributed by atoms with Gasteiger partial charge in [0.2, 0.25) is 0 Å². The average Bonchev–Trinajstić information content (AvgIpc) is 2.84. The predicted octanol–water partition coefficient (Wildman–Crippen LogP) is 5.99. The summed E-state index contributed by atoms with van der Waals surface area (Å²) in [5.41, 5.74) is 0.965. The van der Waals surface area contributed by atoms with Crippen LogP contribution in [0.2, 0.25) is 0 Å². The molecule has 2 aliphatic heterocycles. The van der Waals surface area contributed by atoms with Crippen molar-refractivity contribution in [3.05, 3.63) is 58.7 Å². The molecule has 2 aromatic rings. The monoisotopic (exact) mass is 474 g/mol. The quantitative estimate of drug-likeness (QED) is 0.402. The molecule has 0 atom stereocenters. The first-order chi connectivity index (χ1) is 16.2. The molecule has 0 saturated carbocycles. The van der Waals surface area contributed by atoms with E-state index in [0.717, 1.165) is 62.5 Å². The lowest BCUT2D eigenvalue weighted by atomic mass is 10.0. The Labute approximate surface area is 197 Å². The molecule has 0 radical (unpaired) electrons. The Morgan fingerprint density at radius 3 is 1.71 bits per heavy atom. The lowest BCUT2D eigenvalue weighted by Crippen LogP contribution is -2.31. The molecular formula is C26H29F3N2O3. The summed E-state index contributed by atoms with van der Waals surface area (Å²) in [6, 6.07) is 8.45. The summed E-state index contributed by atoms with van der Waals surface area (Å²) in [4.78, 5) is 29.1. The minimum atomic E-state index is -4.63. The van der Waals surface area contributed by atoms with Crippen molar-refractivity contribution in [2.24, 2.45) is 0 Å². The van der Waals surface area contributed by atoms with Gasteiger partial charge in [-0.15, -0.1) is 0 Å². The fourth-order valence-corrected chi connectivity index (χ4v) is 4.77. The van der Waals surface area contributed by atoms with Crippen molar-refractivity contribution in [2.45, 2.75) is 51.6 Å². The van der Waals surface area contributed by atoms with Crippen molar-refractivity contribution in [3.8, 4) is 0 Å². The van der Waals surface area contributed by atoms with Gasteiger partial charge in [-0.1, -0.05) is 0 Å². The van der Waals surface area contributed by atoms with Crippen LogP contribution >= 0.6 is 0 Å². The normalized spacial score (nSPS) is 16.9. The van der Waals surface area contributed by atoms with Gasteiger partial charge in [-0.25, -0.2) is 9.59 Å². The summed E-state index contributed by atoms with van der Waals surface area (Å²) in [6.07, 6.45) is 1.45. The van der Waals surface area contributed by atoms with Crippen LogP contribution in [0.1, 0.15) is 70.4 Å². The predicted molar refractivity (Wildman–Crippen MR) is 124 cm³/mol. The molecule has 2 aliphatic rings. The maximum absolute atomic E-state index is 13.8. The number of aryl methyl sites for hydroxylation is 1. The highest BCUT2D eigenvalue weighted by Crippen LogP contribution is 2.38. The highest BCUT2D eigenvalue weighted by molar-refractivity contribution is 6.03. The van der Waals surface area contributed by atoms with Crippen LogP contribution in [0.3, 0.4) is 0 Å². The number of rotatable bonds is 4. The van der Waals surface area contributed by atoms with Gasteiger partial charge in [0, 0.05) is 37.6 Å². The Morgan fingerprint density at radius 1 is 0.735 bits per heavy atom. The van der Waals surface area contributed by atoms with E-state index in [1.807, 2.05) is 13.0 Å².